The molecule has 0 aliphatic carbocycles. The van der Waals surface area contributed by atoms with Crippen molar-refractivity contribution in [3.63, 3.8) is 0 Å². The minimum Gasteiger partial charge on any atom is -0.493 e. The molecule has 0 saturated heterocycles. The lowest BCUT2D eigenvalue weighted by Gasteiger charge is -2.09. The molecule has 0 heterocycles. The number of hydrogen-bond acceptors (Lipinski definition) is 4. The molecular formula is C12H20N2OS. The Balaban J connectivity index is 2.07. The number of thioether (sulfide) groups is 1. The third-order valence-corrected chi connectivity index (χ3v) is 2.96. The second-order valence-electron chi connectivity index (χ2n) is 3.84. The Bertz CT molecular complexity index is 305. The Morgan fingerprint density at radius 2 is 2.12 bits per heavy atom. The number of hydrogen-bond donors (Lipinski definition) is 1. The molecule has 0 aromatic heterocycles. The van der Waals surface area contributed by atoms with Gasteiger partial charge in [0, 0.05) is 29.8 Å². The Kier molecular flexibility index (Phi) is 6.11. The van der Waals surface area contributed by atoms with Gasteiger partial charge in [-0.25, -0.2) is 0 Å². The second kappa shape index (κ2) is 7.41. The molecule has 0 saturated carbocycles. The minimum absolute atomic E-state index is 0.738. The van der Waals surface area contributed by atoms with Gasteiger partial charge in [0.1, 0.15) is 5.75 Å². The van der Waals surface area contributed by atoms with Gasteiger partial charge in [0.05, 0.1) is 6.61 Å². The summed E-state index contributed by atoms with van der Waals surface area (Å²) in [6.07, 6.45) is 0. The second-order valence-corrected chi connectivity index (χ2v) is 5.06. The first kappa shape index (κ1) is 13.2. The minimum atomic E-state index is 0.738. The van der Waals surface area contributed by atoms with Gasteiger partial charge >= 0.3 is 0 Å². The molecule has 0 unspecified atom stereocenters. The van der Waals surface area contributed by atoms with E-state index in [1.165, 1.54) is 0 Å². The van der Waals surface area contributed by atoms with Crippen LogP contribution in [0, 0.1) is 0 Å². The summed E-state index contributed by atoms with van der Waals surface area (Å²) in [4.78, 5) is 2.19. The maximum atomic E-state index is 5.65. The average Bonchev–Trinajstić information content (AvgIpc) is 2.23. The van der Waals surface area contributed by atoms with Gasteiger partial charge < -0.3 is 15.4 Å². The molecule has 0 bridgehead atoms. The van der Waals surface area contributed by atoms with Crippen molar-refractivity contribution < 1.29 is 4.74 Å². The first-order valence-corrected chi connectivity index (χ1v) is 6.55. The molecule has 0 amide bonds. The molecule has 0 fully saturated rings. The van der Waals surface area contributed by atoms with Gasteiger partial charge in [0.2, 0.25) is 0 Å². The molecule has 1 rings (SSSR count). The summed E-state index contributed by atoms with van der Waals surface area (Å²) in [5, 5.41) is 0. The van der Waals surface area contributed by atoms with Crippen LogP contribution in [0.15, 0.2) is 24.3 Å². The number of ether oxygens (including phenoxy) is 1. The molecule has 1 aromatic carbocycles. The van der Waals surface area contributed by atoms with Crippen molar-refractivity contribution in [1.29, 1.82) is 0 Å². The first-order chi connectivity index (χ1) is 7.68. The maximum Gasteiger partial charge on any atom is 0.121 e. The third-order valence-electron chi connectivity index (χ3n) is 2.04. The lowest BCUT2D eigenvalue weighted by Crippen LogP contribution is -2.15. The molecule has 2 N–H and O–H groups in total. The van der Waals surface area contributed by atoms with Gasteiger partial charge in [-0.2, -0.15) is 11.8 Å². The normalized spacial score (nSPS) is 10.7. The zero-order valence-corrected chi connectivity index (χ0v) is 10.8. The average molecular weight is 240 g/mol. The number of nitrogen functional groups attached to an aromatic ring is 1. The van der Waals surface area contributed by atoms with Gasteiger partial charge in [-0.05, 0) is 26.2 Å². The fourth-order valence-electron chi connectivity index (χ4n) is 1.17. The zero-order chi connectivity index (χ0) is 11.8. The monoisotopic (exact) mass is 240 g/mol. The molecule has 0 atom stereocenters. The van der Waals surface area contributed by atoms with Gasteiger partial charge in [0.25, 0.3) is 0 Å². The number of nitrogens with two attached hydrogens (primary N) is 1. The van der Waals surface area contributed by atoms with E-state index in [9.17, 15) is 0 Å². The summed E-state index contributed by atoms with van der Waals surface area (Å²) in [5.41, 5.74) is 6.40. The molecule has 90 valence electrons. The molecule has 16 heavy (non-hydrogen) atoms. The van der Waals surface area contributed by atoms with Gasteiger partial charge in [-0.1, -0.05) is 6.07 Å². The van der Waals surface area contributed by atoms with Gasteiger partial charge in [0.15, 0.2) is 0 Å². The van der Waals surface area contributed by atoms with Crippen molar-refractivity contribution in [3.8, 4) is 5.75 Å². The quantitative estimate of drug-likeness (QED) is 0.584. The number of anilines is 1. The first-order valence-electron chi connectivity index (χ1n) is 5.39. The molecule has 0 spiro atoms. The van der Waals surface area contributed by atoms with E-state index in [1.54, 1.807) is 0 Å². The fourth-order valence-corrected chi connectivity index (χ4v) is 2.07. The van der Waals surface area contributed by atoms with E-state index in [1.807, 2.05) is 36.0 Å². The maximum absolute atomic E-state index is 5.65. The number of rotatable bonds is 7. The molecule has 3 nitrogen and oxygen atoms in total. The third kappa shape index (κ3) is 5.88. The van der Waals surface area contributed by atoms with Crippen molar-refractivity contribution in [3.05, 3.63) is 24.3 Å². The molecule has 1 aromatic rings. The van der Waals surface area contributed by atoms with E-state index < -0.39 is 0 Å². The highest BCUT2D eigenvalue weighted by Crippen LogP contribution is 2.14. The summed E-state index contributed by atoms with van der Waals surface area (Å²) in [6.45, 7) is 1.85. The van der Waals surface area contributed by atoms with E-state index >= 15 is 0 Å². The van der Waals surface area contributed by atoms with E-state index in [0.29, 0.717) is 0 Å². The lowest BCUT2D eigenvalue weighted by atomic mass is 10.3. The van der Waals surface area contributed by atoms with Gasteiger partial charge in [-0.3, -0.25) is 0 Å². The summed E-state index contributed by atoms with van der Waals surface area (Å²) in [6, 6.07) is 7.55. The molecule has 0 aliphatic rings. The Morgan fingerprint density at radius 1 is 1.31 bits per heavy atom. The van der Waals surface area contributed by atoms with Crippen molar-refractivity contribution in [1.82, 2.24) is 4.90 Å². The van der Waals surface area contributed by atoms with Crippen LogP contribution in [0.5, 0.6) is 5.75 Å². The summed E-state index contributed by atoms with van der Waals surface area (Å²) < 4.78 is 5.58. The van der Waals surface area contributed by atoms with E-state index in [2.05, 4.69) is 19.0 Å². The predicted octanol–water partition coefficient (Wildman–Crippen LogP) is 1.94. The number of benzene rings is 1. The van der Waals surface area contributed by atoms with Crippen LogP contribution in [0.3, 0.4) is 0 Å². The standard InChI is InChI=1S/C12H20N2OS/c1-14(2)6-8-16-9-7-15-12-5-3-4-11(13)10-12/h3-5,10H,6-9,13H2,1-2H3. The van der Waals surface area contributed by atoms with Crippen LogP contribution in [0.25, 0.3) is 0 Å². The highest BCUT2D eigenvalue weighted by atomic mass is 32.2. The van der Waals surface area contributed by atoms with Crippen molar-refractivity contribution in [2.45, 2.75) is 0 Å². The van der Waals surface area contributed by atoms with Crippen LogP contribution < -0.4 is 10.5 Å². The van der Waals surface area contributed by atoms with Gasteiger partial charge in [-0.15, -0.1) is 0 Å². The Morgan fingerprint density at radius 3 is 2.81 bits per heavy atom. The van der Waals surface area contributed by atoms with E-state index in [-0.39, 0.29) is 0 Å². The fraction of sp³-hybridized carbons (Fsp3) is 0.500. The topological polar surface area (TPSA) is 38.5 Å². The molecular weight excluding hydrogens is 220 g/mol. The van der Waals surface area contributed by atoms with Crippen LogP contribution in [-0.2, 0) is 0 Å². The SMILES string of the molecule is CN(C)CCSCCOc1cccc(N)c1. The van der Waals surface area contributed by atoms with Crippen molar-refractivity contribution >= 4 is 17.4 Å². The highest BCUT2D eigenvalue weighted by molar-refractivity contribution is 7.99. The Labute approximate surface area is 102 Å². The summed E-state index contributed by atoms with van der Waals surface area (Å²) in [5.74, 6) is 3.02. The van der Waals surface area contributed by atoms with Crippen LogP contribution in [0.4, 0.5) is 5.69 Å². The lowest BCUT2D eigenvalue weighted by molar-refractivity contribution is 0.344. The van der Waals surface area contributed by atoms with Crippen molar-refractivity contribution in [2.24, 2.45) is 0 Å². The smallest absolute Gasteiger partial charge is 0.121 e. The van der Waals surface area contributed by atoms with Crippen LogP contribution in [-0.4, -0.2) is 43.7 Å². The summed E-state index contributed by atoms with van der Waals surface area (Å²) in [7, 11) is 4.17. The molecule has 4 heteroatoms. The Hall–Kier alpha value is -0.870. The highest BCUT2D eigenvalue weighted by Gasteiger charge is 1.95. The predicted molar refractivity (Wildman–Crippen MR) is 72.2 cm³/mol. The van der Waals surface area contributed by atoms with E-state index in [0.717, 1.165) is 36.1 Å². The van der Waals surface area contributed by atoms with Crippen molar-refractivity contribution in [2.75, 3.05) is 44.5 Å². The zero-order valence-electron chi connectivity index (χ0n) is 9.98. The van der Waals surface area contributed by atoms with Crippen LogP contribution >= 0.6 is 11.8 Å². The molecule has 0 radical (unpaired) electrons. The van der Waals surface area contributed by atoms with Crippen LogP contribution in [0.2, 0.25) is 0 Å². The number of nitrogens with zero attached hydrogens (tertiary/aromatic N) is 1. The van der Waals surface area contributed by atoms with Crippen LogP contribution in [0.1, 0.15) is 0 Å². The molecule has 0 aliphatic heterocycles. The van der Waals surface area contributed by atoms with E-state index in [4.69, 9.17) is 10.5 Å². The largest absolute Gasteiger partial charge is 0.493 e. The summed E-state index contributed by atoms with van der Waals surface area (Å²) >= 11 is 1.91.